The normalized spacial score (nSPS) is 10.3. The lowest BCUT2D eigenvalue weighted by Crippen LogP contribution is -2.26. The number of rotatable bonds is 8. The number of benzene rings is 3. The molecule has 9 heteroatoms. The summed E-state index contributed by atoms with van der Waals surface area (Å²) in [4.78, 5) is 19.8. The highest BCUT2D eigenvalue weighted by molar-refractivity contribution is 5.77. The van der Waals surface area contributed by atoms with Gasteiger partial charge in [0.05, 0.1) is 23.4 Å². The van der Waals surface area contributed by atoms with E-state index in [1.165, 1.54) is 6.33 Å². The summed E-state index contributed by atoms with van der Waals surface area (Å²) in [5.41, 5.74) is 4.97. The number of hydrogen-bond acceptors (Lipinski definition) is 8. The molecule has 0 bridgehead atoms. The van der Waals surface area contributed by atoms with Gasteiger partial charge in [-0.2, -0.15) is 0 Å². The average molecular weight is 428 g/mol. The summed E-state index contributed by atoms with van der Waals surface area (Å²) in [5, 5.41) is 16.7. The van der Waals surface area contributed by atoms with E-state index in [9.17, 15) is 10.1 Å². The van der Waals surface area contributed by atoms with Crippen molar-refractivity contribution in [1.29, 1.82) is 0 Å². The van der Waals surface area contributed by atoms with Crippen LogP contribution in [0.5, 0.6) is 5.75 Å². The lowest BCUT2D eigenvalue weighted by Gasteiger charge is -2.26. The van der Waals surface area contributed by atoms with E-state index in [0.29, 0.717) is 11.4 Å². The number of nitrogens with zero attached hydrogens (tertiary/aromatic N) is 4. The van der Waals surface area contributed by atoms with Crippen molar-refractivity contribution in [3.05, 3.63) is 101 Å². The number of nitro groups is 1. The lowest BCUT2D eigenvalue weighted by molar-refractivity contribution is -0.383. The molecule has 32 heavy (non-hydrogen) atoms. The molecule has 1 aromatic heterocycles. The monoisotopic (exact) mass is 428 g/mol. The second-order valence-corrected chi connectivity index (χ2v) is 6.65. The Bertz CT molecular complexity index is 1170. The Balaban J connectivity index is 1.73. The third-order valence-electron chi connectivity index (χ3n) is 4.58. The Morgan fingerprint density at radius 1 is 0.875 bits per heavy atom. The molecule has 0 aliphatic rings. The summed E-state index contributed by atoms with van der Waals surface area (Å²) in [5.74, 6) is 0.717. The van der Waals surface area contributed by atoms with Crippen molar-refractivity contribution in [3.8, 4) is 5.75 Å². The zero-order chi connectivity index (χ0) is 22.3. The highest BCUT2D eigenvalue weighted by Gasteiger charge is 2.25. The minimum Gasteiger partial charge on any atom is -0.497 e. The molecule has 160 valence electrons. The van der Waals surface area contributed by atoms with Crippen LogP contribution in [0.3, 0.4) is 0 Å². The third kappa shape index (κ3) is 4.57. The van der Waals surface area contributed by atoms with Gasteiger partial charge >= 0.3 is 5.69 Å². The van der Waals surface area contributed by atoms with Crippen LogP contribution in [0.25, 0.3) is 0 Å². The van der Waals surface area contributed by atoms with Crippen LogP contribution >= 0.6 is 0 Å². The van der Waals surface area contributed by atoms with Crippen molar-refractivity contribution in [3.63, 3.8) is 0 Å². The molecule has 0 aliphatic carbocycles. The van der Waals surface area contributed by atoms with Crippen molar-refractivity contribution in [1.82, 2.24) is 9.97 Å². The fourth-order valence-corrected chi connectivity index (χ4v) is 3.10. The summed E-state index contributed by atoms with van der Waals surface area (Å²) in [6, 6.07) is 26.0. The predicted octanol–water partition coefficient (Wildman–Crippen LogP) is 5.30. The van der Waals surface area contributed by atoms with Crippen LogP contribution in [-0.2, 0) is 0 Å². The number of aromatic nitrogens is 2. The molecule has 0 amide bonds. The molecule has 0 saturated heterocycles. The molecule has 0 fully saturated rings. The number of ether oxygens (including phenoxy) is 1. The fourth-order valence-electron chi connectivity index (χ4n) is 3.10. The molecule has 0 aliphatic heterocycles. The maximum absolute atomic E-state index is 12.0. The SMILES string of the molecule is COc1cccc(Nc2ncnc(NN(c3ccccc3)c3ccccc3)c2[N+](=O)[O-])c1. The van der Waals surface area contributed by atoms with E-state index in [1.54, 1.807) is 36.4 Å². The number of hydrazine groups is 1. The average Bonchev–Trinajstić information content (AvgIpc) is 2.83. The van der Waals surface area contributed by atoms with Crippen molar-refractivity contribution in [2.24, 2.45) is 0 Å². The standard InChI is InChI=1S/C23H20N6O3/c1-32-20-14-8-9-17(15-20)26-22-21(29(30)31)23(25-16-24-22)27-28(18-10-4-2-5-11-18)19-12-6-3-7-13-19/h2-16H,1H3,(H2,24,25,26,27). The van der Waals surface area contributed by atoms with Gasteiger partial charge in [0, 0.05) is 11.8 Å². The Labute approximate surface area is 184 Å². The molecular formula is C23H20N6O3. The van der Waals surface area contributed by atoms with E-state index in [1.807, 2.05) is 60.7 Å². The van der Waals surface area contributed by atoms with Crippen LogP contribution in [0.1, 0.15) is 0 Å². The molecule has 0 unspecified atom stereocenters. The van der Waals surface area contributed by atoms with Gasteiger partial charge in [0.15, 0.2) is 0 Å². The first-order chi connectivity index (χ1) is 15.7. The number of para-hydroxylation sites is 2. The highest BCUT2D eigenvalue weighted by Crippen LogP contribution is 2.34. The van der Waals surface area contributed by atoms with Crippen LogP contribution < -0.4 is 20.5 Å². The lowest BCUT2D eigenvalue weighted by atomic mass is 10.2. The Hall–Kier alpha value is -4.66. The summed E-state index contributed by atoms with van der Waals surface area (Å²) in [6.45, 7) is 0. The van der Waals surface area contributed by atoms with Crippen LogP contribution in [-0.4, -0.2) is 22.0 Å². The third-order valence-corrected chi connectivity index (χ3v) is 4.58. The van der Waals surface area contributed by atoms with Crippen molar-refractivity contribution in [2.45, 2.75) is 0 Å². The number of anilines is 5. The smallest absolute Gasteiger partial charge is 0.355 e. The number of methoxy groups -OCH3 is 1. The first kappa shape index (κ1) is 20.6. The molecule has 1 heterocycles. The Morgan fingerprint density at radius 2 is 1.50 bits per heavy atom. The Morgan fingerprint density at radius 3 is 2.09 bits per heavy atom. The predicted molar refractivity (Wildman–Crippen MR) is 124 cm³/mol. The molecule has 0 saturated carbocycles. The van der Waals surface area contributed by atoms with E-state index < -0.39 is 4.92 Å². The van der Waals surface area contributed by atoms with Crippen LogP contribution in [0.4, 0.5) is 34.4 Å². The molecule has 9 nitrogen and oxygen atoms in total. The molecule has 0 radical (unpaired) electrons. The van der Waals surface area contributed by atoms with E-state index in [2.05, 4.69) is 20.7 Å². The minimum atomic E-state index is -0.515. The maximum atomic E-state index is 12.0. The van der Waals surface area contributed by atoms with Gasteiger partial charge in [-0.05, 0) is 36.4 Å². The molecule has 2 N–H and O–H groups in total. The van der Waals surface area contributed by atoms with Gasteiger partial charge < -0.3 is 10.1 Å². The molecule has 3 aromatic carbocycles. The molecular weight excluding hydrogens is 408 g/mol. The number of nitrogens with one attached hydrogen (secondary N) is 2. The zero-order valence-corrected chi connectivity index (χ0v) is 17.2. The van der Waals surface area contributed by atoms with Gasteiger partial charge in [-0.3, -0.25) is 20.5 Å². The first-order valence-corrected chi connectivity index (χ1v) is 9.73. The van der Waals surface area contributed by atoms with Gasteiger partial charge in [-0.1, -0.05) is 42.5 Å². The summed E-state index contributed by atoms with van der Waals surface area (Å²) >= 11 is 0. The quantitative estimate of drug-likeness (QED) is 0.288. The van der Waals surface area contributed by atoms with Crippen LogP contribution in [0.15, 0.2) is 91.3 Å². The van der Waals surface area contributed by atoms with Gasteiger partial charge in [-0.15, -0.1) is 0 Å². The summed E-state index contributed by atoms with van der Waals surface area (Å²) < 4.78 is 5.22. The van der Waals surface area contributed by atoms with Crippen molar-refractivity contribution in [2.75, 3.05) is 22.9 Å². The van der Waals surface area contributed by atoms with Crippen LogP contribution in [0, 0.1) is 10.1 Å². The molecule has 0 spiro atoms. The number of hydrogen-bond donors (Lipinski definition) is 2. The van der Waals surface area contributed by atoms with Crippen molar-refractivity contribution >= 4 is 34.4 Å². The fraction of sp³-hybridized carbons (Fsp3) is 0.0435. The first-order valence-electron chi connectivity index (χ1n) is 9.73. The van der Waals surface area contributed by atoms with E-state index in [0.717, 1.165) is 11.4 Å². The van der Waals surface area contributed by atoms with Crippen LogP contribution in [0.2, 0.25) is 0 Å². The summed E-state index contributed by atoms with van der Waals surface area (Å²) in [6.07, 6.45) is 1.27. The van der Waals surface area contributed by atoms with Gasteiger partial charge in [0.25, 0.3) is 0 Å². The zero-order valence-electron chi connectivity index (χ0n) is 17.2. The second-order valence-electron chi connectivity index (χ2n) is 6.65. The maximum Gasteiger partial charge on any atom is 0.355 e. The van der Waals surface area contributed by atoms with Crippen molar-refractivity contribution < 1.29 is 9.66 Å². The molecule has 4 rings (SSSR count). The summed E-state index contributed by atoms with van der Waals surface area (Å²) in [7, 11) is 1.55. The molecule has 0 atom stereocenters. The Kier molecular flexibility index (Phi) is 6.08. The van der Waals surface area contributed by atoms with Gasteiger partial charge in [0.2, 0.25) is 11.6 Å². The van der Waals surface area contributed by atoms with Gasteiger partial charge in [0.1, 0.15) is 12.1 Å². The largest absolute Gasteiger partial charge is 0.497 e. The minimum absolute atomic E-state index is 0.0445. The second kappa shape index (κ2) is 9.43. The highest BCUT2D eigenvalue weighted by atomic mass is 16.6. The van der Waals surface area contributed by atoms with Gasteiger partial charge in [-0.25, -0.2) is 9.97 Å². The van der Waals surface area contributed by atoms with E-state index in [4.69, 9.17) is 4.74 Å². The topological polar surface area (TPSA) is 105 Å². The van der Waals surface area contributed by atoms with E-state index >= 15 is 0 Å². The van der Waals surface area contributed by atoms with E-state index in [-0.39, 0.29) is 17.3 Å². The molecule has 4 aromatic rings.